The molecule has 0 saturated heterocycles. The highest BCUT2D eigenvalue weighted by atomic mass is 35.5. The van der Waals surface area contributed by atoms with Crippen molar-refractivity contribution in [1.82, 2.24) is 9.97 Å². The van der Waals surface area contributed by atoms with E-state index in [4.69, 9.17) is 16.6 Å². The number of allylic oxidation sites excluding steroid dienone is 2. The maximum absolute atomic E-state index is 13.4. The summed E-state index contributed by atoms with van der Waals surface area (Å²) in [6, 6.07) is 15.7. The van der Waals surface area contributed by atoms with Crippen LogP contribution in [-0.2, 0) is 10.5 Å². The highest BCUT2D eigenvalue weighted by molar-refractivity contribution is 7.98. The molecule has 0 unspecified atom stereocenters. The van der Waals surface area contributed by atoms with Gasteiger partial charge in [-0.1, -0.05) is 53.7 Å². The Hall–Kier alpha value is -3.03. The standard InChI is InChI=1S/C26H25ClN4O2S/c1-31(2)17-12-10-15(11-13-17)21-22-19(8-5-9-20(22)32)28-24-23(21)25(33)30-26(29-24)34-14-16-6-3-4-7-18(16)27/h3-4,6-7,10-13,21H,5,8-9,14H2,1-2H3,(H2,28,29,30,33)/t21-/m0/s1. The monoisotopic (exact) mass is 492 g/mol. The van der Waals surface area contributed by atoms with Crippen molar-refractivity contribution >= 4 is 40.7 Å². The van der Waals surface area contributed by atoms with Crippen molar-refractivity contribution in [2.24, 2.45) is 0 Å². The van der Waals surface area contributed by atoms with E-state index in [-0.39, 0.29) is 11.3 Å². The molecule has 2 aliphatic rings. The Labute approximate surface area is 207 Å². The number of nitrogens with one attached hydrogen (secondary N) is 2. The van der Waals surface area contributed by atoms with Gasteiger partial charge in [0.2, 0.25) is 0 Å². The van der Waals surface area contributed by atoms with Crippen LogP contribution in [0.5, 0.6) is 0 Å². The van der Waals surface area contributed by atoms with Crippen LogP contribution in [-0.4, -0.2) is 29.8 Å². The number of thioether (sulfide) groups is 1. The van der Waals surface area contributed by atoms with E-state index >= 15 is 0 Å². The van der Waals surface area contributed by atoms with Gasteiger partial charge in [0.1, 0.15) is 5.82 Å². The number of carbonyl (C=O) groups is 1. The number of aromatic nitrogens is 2. The number of H-pyrrole nitrogens is 1. The molecule has 2 heterocycles. The second kappa shape index (κ2) is 9.31. The van der Waals surface area contributed by atoms with Crippen LogP contribution in [0.3, 0.4) is 0 Å². The van der Waals surface area contributed by atoms with Crippen molar-refractivity contribution in [3.05, 3.63) is 91.9 Å². The van der Waals surface area contributed by atoms with Gasteiger partial charge in [0, 0.05) is 54.2 Å². The van der Waals surface area contributed by atoms with Crippen molar-refractivity contribution in [1.29, 1.82) is 0 Å². The zero-order valence-electron chi connectivity index (χ0n) is 19.0. The summed E-state index contributed by atoms with van der Waals surface area (Å²) in [7, 11) is 3.97. The fourth-order valence-corrected chi connectivity index (χ4v) is 5.72. The Kier molecular flexibility index (Phi) is 6.23. The van der Waals surface area contributed by atoms with Crippen LogP contribution in [0.25, 0.3) is 0 Å². The summed E-state index contributed by atoms with van der Waals surface area (Å²) in [4.78, 5) is 36.1. The first-order valence-corrected chi connectivity index (χ1v) is 12.6. The number of rotatable bonds is 5. The Morgan fingerprint density at radius 3 is 2.59 bits per heavy atom. The first-order valence-electron chi connectivity index (χ1n) is 11.2. The number of hydrogen-bond acceptors (Lipinski definition) is 6. The van der Waals surface area contributed by atoms with Crippen molar-refractivity contribution < 1.29 is 4.79 Å². The first kappa shape index (κ1) is 22.7. The Morgan fingerprint density at radius 1 is 1.09 bits per heavy atom. The lowest BCUT2D eigenvalue weighted by Crippen LogP contribution is -2.32. The third kappa shape index (κ3) is 4.26. The van der Waals surface area contributed by atoms with Gasteiger partial charge < -0.3 is 15.2 Å². The molecule has 1 aliphatic carbocycles. The lowest BCUT2D eigenvalue weighted by atomic mass is 9.76. The van der Waals surface area contributed by atoms with E-state index in [0.717, 1.165) is 35.4 Å². The average molecular weight is 493 g/mol. The molecule has 2 N–H and O–H groups in total. The summed E-state index contributed by atoms with van der Waals surface area (Å²) >= 11 is 7.71. The highest BCUT2D eigenvalue weighted by Gasteiger charge is 2.37. The quantitative estimate of drug-likeness (QED) is 0.369. The Bertz CT molecular complexity index is 1350. The average Bonchev–Trinajstić information content (AvgIpc) is 2.82. The van der Waals surface area contributed by atoms with E-state index in [1.165, 1.54) is 11.8 Å². The van der Waals surface area contributed by atoms with Gasteiger partial charge in [-0.15, -0.1) is 0 Å². The molecular formula is C26H25ClN4O2S. The number of aromatic amines is 1. The van der Waals surface area contributed by atoms with Crippen molar-refractivity contribution in [3.8, 4) is 0 Å². The minimum atomic E-state index is -0.436. The molecule has 0 saturated carbocycles. The van der Waals surface area contributed by atoms with Gasteiger partial charge in [-0.25, -0.2) is 4.98 Å². The number of carbonyl (C=O) groups excluding carboxylic acids is 1. The molecular weight excluding hydrogens is 468 g/mol. The van der Waals surface area contributed by atoms with Gasteiger partial charge in [-0.3, -0.25) is 9.59 Å². The molecule has 6 nitrogen and oxygen atoms in total. The smallest absolute Gasteiger partial charge is 0.257 e. The Balaban J connectivity index is 1.55. The number of nitrogens with zero attached hydrogens (tertiary/aromatic N) is 2. The van der Waals surface area contributed by atoms with Gasteiger partial charge in [0.05, 0.1) is 5.56 Å². The molecule has 174 valence electrons. The second-order valence-corrected chi connectivity index (χ2v) is 10.1. The van der Waals surface area contributed by atoms with E-state index in [2.05, 4.69) is 10.3 Å². The summed E-state index contributed by atoms with van der Waals surface area (Å²) in [5.74, 6) is 0.774. The number of ketones is 1. The Morgan fingerprint density at radius 2 is 1.85 bits per heavy atom. The summed E-state index contributed by atoms with van der Waals surface area (Å²) in [5, 5.41) is 4.53. The van der Waals surface area contributed by atoms with Crippen LogP contribution in [0.1, 0.15) is 41.9 Å². The molecule has 0 spiro atoms. The summed E-state index contributed by atoms with van der Waals surface area (Å²) in [6.45, 7) is 0. The van der Waals surface area contributed by atoms with Crippen molar-refractivity contribution in [3.63, 3.8) is 0 Å². The predicted molar refractivity (Wildman–Crippen MR) is 138 cm³/mol. The van der Waals surface area contributed by atoms with Gasteiger partial charge in [-0.2, -0.15) is 0 Å². The molecule has 1 aliphatic heterocycles. The van der Waals surface area contributed by atoms with E-state index in [9.17, 15) is 9.59 Å². The van der Waals surface area contributed by atoms with Gasteiger partial charge in [0.25, 0.3) is 5.56 Å². The topological polar surface area (TPSA) is 78.1 Å². The zero-order valence-corrected chi connectivity index (χ0v) is 20.6. The maximum atomic E-state index is 13.4. The fourth-order valence-electron chi connectivity index (χ4n) is 4.57. The normalized spacial score (nSPS) is 17.1. The molecule has 34 heavy (non-hydrogen) atoms. The highest BCUT2D eigenvalue weighted by Crippen LogP contribution is 2.43. The number of hydrogen-bond donors (Lipinski definition) is 2. The zero-order chi connectivity index (χ0) is 23.8. The molecule has 0 radical (unpaired) electrons. The summed E-state index contributed by atoms with van der Waals surface area (Å²) < 4.78 is 0. The summed E-state index contributed by atoms with van der Waals surface area (Å²) in [5.41, 5.74) is 4.79. The third-order valence-corrected chi connectivity index (χ3v) is 7.59. The van der Waals surface area contributed by atoms with E-state index in [1.54, 1.807) is 0 Å². The largest absolute Gasteiger partial charge is 0.378 e. The van der Waals surface area contributed by atoms with E-state index in [0.29, 0.717) is 39.3 Å². The predicted octanol–water partition coefficient (Wildman–Crippen LogP) is 5.35. The minimum Gasteiger partial charge on any atom is -0.378 e. The SMILES string of the molecule is CN(C)c1ccc([C@H]2C3=C(CCCC3=O)Nc3nc(SCc4ccccc4Cl)[nH]c(=O)c32)cc1. The molecule has 1 aromatic heterocycles. The van der Waals surface area contributed by atoms with Crippen LogP contribution in [0.2, 0.25) is 5.02 Å². The van der Waals surface area contributed by atoms with E-state index < -0.39 is 5.92 Å². The first-order chi connectivity index (χ1) is 16.4. The fraction of sp³-hybridized carbons (Fsp3) is 0.269. The van der Waals surface area contributed by atoms with Crippen LogP contribution >= 0.6 is 23.4 Å². The van der Waals surface area contributed by atoms with Crippen LogP contribution in [0.15, 0.2) is 69.8 Å². The number of halogens is 1. The molecule has 3 aromatic rings. The molecule has 0 amide bonds. The van der Waals surface area contributed by atoms with Crippen molar-refractivity contribution in [2.45, 2.75) is 36.1 Å². The van der Waals surface area contributed by atoms with Gasteiger partial charge in [-0.05, 0) is 42.2 Å². The lowest BCUT2D eigenvalue weighted by molar-refractivity contribution is -0.116. The van der Waals surface area contributed by atoms with Crippen molar-refractivity contribution in [2.75, 3.05) is 24.3 Å². The molecule has 1 atom stereocenters. The maximum Gasteiger partial charge on any atom is 0.257 e. The van der Waals surface area contributed by atoms with Crippen LogP contribution in [0, 0.1) is 0 Å². The molecule has 5 rings (SSSR count). The molecule has 0 fully saturated rings. The summed E-state index contributed by atoms with van der Waals surface area (Å²) in [6.07, 6.45) is 2.06. The second-order valence-electron chi connectivity index (χ2n) is 8.73. The van der Waals surface area contributed by atoms with Crippen LogP contribution < -0.4 is 15.8 Å². The molecule has 2 aromatic carbocycles. The molecule has 0 bridgehead atoms. The van der Waals surface area contributed by atoms with Gasteiger partial charge in [0.15, 0.2) is 10.9 Å². The number of fused-ring (bicyclic) bond motifs is 1. The number of benzene rings is 2. The number of anilines is 2. The minimum absolute atomic E-state index is 0.0951. The third-order valence-electron chi connectivity index (χ3n) is 6.30. The van der Waals surface area contributed by atoms with Crippen LogP contribution in [0.4, 0.5) is 11.5 Å². The lowest BCUT2D eigenvalue weighted by Gasteiger charge is -2.33. The molecule has 8 heteroatoms. The number of Topliss-reactive ketones (excluding diaryl/α,β-unsaturated/α-hetero) is 1. The van der Waals surface area contributed by atoms with Gasteiger partial charge >= 0.3 is 0 Å². The van der Waals surface area contributed by atoms with E-state index in [1.807, 2.05) is 67.5 Å².